The van der Waals surface area contributed by atoms with E-state index in [9.17, 15) is 25.2 Å². The Morgan fingerprint density at radius 3 is 2.62 bits per heavy atom. The van der Waals surface area contributed by atoms with Crippen LogP contribution in [0, 0.1) is 0 Å². The molecule has 0 aliphatic carbocycles. The fraction of sp³-hybridized carbons (Fsp3) is 0.304. The van der Waals surface area contributed by atoms with Crippen LogP contribution in [0.5, 0.6) is 5.75 Å². The second kappa shape index (κ2) is 7.72. The number of rotatable bonds is 5. The predicted molar refractivity (Wildman–Crippen MR) is 114 cm³/mol. The van der Waals surface area contributed by atoms with Gasteiger partial charge in [-0.3, -0.25) is 9.79 Å². The first kappa shape index (κ1) is 20.7. The first-order chi connectivity index (χ1) is 15.4. The van der Waals surface area contributed by atoms with Crippen LogP contribution < -0.4 is 4.74 Å². The highest BCUT2D eigenvalue weighted by molar-refractivity contribution is 6.15. The first-order valence-electron chi connectivity index (χ1n) is 10.2. The Balaban J connectivity index is 1.40. The number of aliphatic hydroxyl groups excluding tert-OH is 3. The average Bonchev–Trinajstić information content (AvgIpc) is 3.46. The molecule has 0 aromatic heterocycles. The van der Waals surface area contributed by atoms with Crippen molar-refractivity contribution in [2.75, 3.05) is 19.8 Å². The minimum Gasteiger partial charge on any atom is -0.481 e. The zero-order valence-corrected chi connectivity index (χ0v) is 17.0. The Morgan fingerprint density at radius 1 is 1.09 bits per heavy atom. The standard InChI is InChI=1S/C23H21N3O6/c27-10-23(11-28)8-19(29)16-5-12(2-4-20(16)32-23)14-7-17(24-9-14)13-1-3-15-18(6-13)25-26-21(15)22(30)31/h1-7,21-22,27-28,30-31H,8-11H2. The van der Waals surface area contributed by atoms with Gasteiger partial charge in [0.1, 0.15) is 11.8 Å². The Morgan fingerprint density at radius 2 is 1.88 bits per heavy atom. The maximum Gasteiger partial charge on any atom is 0.180 e. The highest BCUT2D eigenvalue weighted by Gasteiger charge is 2.40. The molecule has 0 saturated carbocycles. The van der Waals surface area contributed by atoms with Crippen LogP contribution in [0.15, 0.2) is 57.7 Å². The van der Waals surface area contributed by atoms with E-state index in [0.717, 1.165) is 22.4 Å². The number of benzene rings is 2. The third-order valence-electron chi connectivity index (χ3n) is 5.98. The lowest BCUT2D eigenvalue weighted by Gasteiger charge is -2.35. The fourth-order valence-electron chi connectivity index (χ4n) is 4.14. The van der Waals surface area contributed by atoms with Crippen molar-refractivity contribution in [1.82, 2.24) is 0 Å². The molecule has 3 aliphatic rings. The van der Waals surface area contributed by atoms with Crippen LogP contribution in [0.1, 0.15) is 39.5 Å². The van der Waals surface area contributed by atoms with Crippen molar-refractivity contribution < 1.29 is 30.0 Å². The highest BCUT2D eigenvalue weighted by Crippen LogP contribution is 2.39. The molecule has 3 aliphatic heterocycles. The van der Waals surface area contributed by atoms with E-state index in [2.05, 4.69) is 15.2 Å². The summed E-state index contributed by atoms with van der Waals surface area (Å²) < 4.78 is 5.74. The van der Waals surface area contributed by atoms with Crippen LogP contribution in [0.25, 0.3) is 5.57 Å². The van der Waals surface area contributed by atoms with E-state index < -0.39 is 31.1 Å². The van der Waals surface area contributed by atoms with Crippen LogP contribution in [0.3, 0.4) is 0 Å². The van der Waals surface area contributed by atoms with Crippen molar-refractivity contribution in [1.29, 1.82) is 0 Å². The Labute approximate surface area is 183 Å². The molecular formula is C23H21N3O6. The first-order valence-corrected chi connectivity index (χ1v) is 10.2. The summed E-state index contributed by atoms with van der Waals surface area (Å²) in [5, 5.41) is 45.9. The quantitative estimate of drug-likeness (QED) is 0.526. The molecule has 0 amide bonds. The number of Topliss-reactive ketones (excluding diaryl/α,β-unsaturated/α-hetero) is 1. The van der Waals surface area contributed by atoms with Gasteiger partial charge in [-0.25, -0.2) is 0 Å². The summed E-state index contributed by atoms with van der Waals surface area (Å²) in [7, 11) is 0. The van der Waals surface area contributed by atoms with Gasteiger partial charge in [0.05, 0.1) is 43.1 Å². The number of fused-ring (bicyclic) bond motifs is 2. The van der Waals surface area contributed by atoms with Crippen LogP contribution >= 0.6 is 0 Å². The van der Waals surface area contributed by atoms with Crippen molar-refractivity contribution in [2.45, 2.75) is 24.4 Å². The molecule has 1 atom stereocenters. The molecule has 0 spiro atoms. The van der Waals surface area contributed by atoms with Gasteiger partial charge in [-0.05, 0) is 35.4 Å². The Bertz CT molecular complexity index is 1200. The number of azo groups is 1. The number of nitrogens with zero attached hydrogens (tertiary/aromatic N) is 3. The molecule has 4 N–H and O–H groups in total. The second-order valence-corrected chi connectivity index (χ2v) is 8.13. The molecule has 0 bridgehead atoms. The normalized spacial score (nSPS) is 20.7. The highest BCUT2D eigenvalue weighted by atomic mass is 16.5. The van der Waals surface area contributed by atoms with Gasteiger partial charge >= 0.3 is 0 Å². The maximum absolute atomic E-state index is 12.6. The summed E-state index contributed by atoms with van der Waals surface area (Å²) in [6.07, 6.45) is 0.245. The van der Waals surface area contributed by atoms with Crippen molar-refractivity contribution in [3.8, 4) is 5.75 Å². The van der Waals surface area contributed by atoms with E-state index in [-0.39, 0.29) is 12.2 Å². The maximum atomic E-state index is 12.6. The predicted octanol–water partition coefficient (Wildman–Crippen LogP) is 1.71. The second-order valence-electron chi connectivity index (χ2n) is 8.13. The largest absolute Gasteiger partial charge is 0.481 e. The van der Waals surface area contributed by atoms with Gasteiger partial charge < -0.3 is 25.2 Å². The topological polar surface area (TPSA) is 144 Å². The molecule has 3 heterocycles. The summed E-state index contributed by atoms with van der Waals surface area (Å²) in [5.74, 6) is 0.151. The van der Waals surface area contributed by atoms with E-state index in [4.69, 9.17) is 4.74 Å². The number of carbonyl (C=O) groups is 1. The van der Waals surface area contributed by atoms with Crippen molar-refractivity contribution >= 4 is 22.8 Å². The molecule has 1 unspecified atom stereocenters. The van der Waals surface area contributed by atoms with Crippen LogP contribution in [-0.2, 0) is 0 Å². The molecule has 5 rings (SSSR count). The minimum absolute atomic E-state index is 0.0928. The Kier molecular flexibility index (Phi) is 4.98. The number of ether oxygens (including phenoxy) is 1. The zero-order chi connectivity index (χ0) is 22.5. The van der Waals surface area contributed by atoms with E-state index in [1.54, 1.807) is 18.2 Å². The van der Waals surface area contributed by atoms with E-state index in [1.165, 1.54) is 0 Å². The van der Waals surface area contributed by atoms with Crippen LogP contribution in [0.4, 0.5) is 5.69 Å². The van der Waals surface area contributed by atoms with Crippen molar-refractivity contribution in [3.63, 3.8) is 0 Å². The van der Waals surface area contributed by atoms with Gasteiger partial charge in [0, 0.05) is 11.1 Å². The monoisotopic (exact) mass is 435 g/mol. The van der Waals surface area contributed by atoms with Crippen LogP contribution in [0.2, 0.25) is 0 Å². The smallest absolute Gasteiger partial charge is 0.180 e. The third kappa shape index (κ3) is 3.35. The molecular weight excluding hydrogens is 414 g/mol. The van der Waals surface area contributed by atoms with Gasteiger partial charge in [0.2, 0.25) is 0 Å². The lowest BCUT2D eigenvalue weighted by molar-refractivity contribution is -0.0583. The van der Waals surface area contributed by atoms with Gasteiger partial charge in [0.15, 0.2) is 17.7 Å². The molecule has 0 fully saturated rings. The lowest BCUT2D eigenvalue weighted by Crippen LogP contribution is -2.48. The summed E-state index contributed by atoms with van der Waals surface area (Å²) in [6.45, 7) is -0.453. The van der Waals surface area contributed by atoms with E-state index >= 15 is 0 Å². The summed E-state index contributed by atoms with van der Waals surface area (Å²) >= 11 is 0. The average molecular weight is 435 g/mol. The van der Waals surface area contributed by atoms with E-state index in [1.807, 2.05) is 24.3 Å². The number of hydrogen-bond acceptors (Lipinski definition) is 9. The summed E-state index contributed by atoms with van der Waals surface area (Å²) in [4.78, 5) is 17.2. The number of aliphatic imine (C=N–C) groups is 1. The number of allylic oxidation sites excluding steroid dienone is 1. The van der Waals surface area contributed by atoms with Gasteiger partial charge in [-0.1, -0.05) is 18.2 Å². The van der Waals surface area contributed by atoms with Gasteiger partial charge in [0.25, 0.3) is 0 Å². The third-order valence-corrected chi connectivity index (χ3v) is 5.98. The number of ketones is 1. The molecule has 9 nitrogen and oxygen atoms in total. The molecule has 32 heavy (non-hydrogen) atoms. The van der Waals surface area contributed by atoms with E-state index in [0.29, 0.717) is 29.1 Å². The molecule has 164 valence electrons. The zero-order valence-electron chi connectivity index (χ0n) is 17.0. The van der Waals surface area contributed by atoms with Crippen molar-refractivity contribution in [3.05, 3.63) is 64.7 Å². The summed E-state index contributed by atoms with van der Waals surface area (Å²) in [5.41, 5.74) is 3.72. The minimum atomic E-state index is -1.60. The summed E-state index contributed by atoms with van der Waals surface area (Å²) in [6, 6.07) is 9.91. The number of hydrogen-bond donors (Lipinski definition) is 4. The molecule has 0 radical (unpaired) electrons. The SMILES string of the molecule is O=C1CC(CO)(CO)Oc2ccc(C3=CC(c4ccc5c(c4)N=NC5C(O)O)=NC3)cc21. The van der Waals surface area contributed by atoms with Crippen molar-refractivity contribution in [2.24, 2.45) is 15.2 Å². The lowest BCUT2D eigenvalue weighted by atomic mass is 9.89. The van der Waals surface area contributed by atoms with Gasteiger partial charge in [-0.15, -0.1) is 0 Å². The molecule has 9 heteroatoms. The molecule has 2 aromatic rings. The number of aliphatic hydroxyl groups is 4. The van der Waals surface area contributed by atoms with Gasteiger partial charge in [-0.2, -0.15) is 10.2 Å². The number of carbonyl (C=O) groups excluding carboxylic acids is 1. The molecule has 0 saturated heterocycles. The molecule has 2 aromatic carbocycles. The van der Waals surface area contributed by atoms with Crippen LogP contribution in [-0.4, -0.2) is 63.6 Å². The fourth-order valence-corrected chi connectivity index (χ4v) is 4.14. The Hall–Kier alpha value is -3.24.